The van der Waals surface area contributed by atoms with Crippen molar-refractivity contribution in [2.45, 2.75) is 34.8 Å². The lowest BCUT2D eigenvalue weighted by Crippen LogP contribution is -2.34. The van der Waals surface area contributed by atoms with Crippen LogP contribution in [0.15, 0.2) is 107 Å². The molecule has 2 aliphatic heterocycles. The second-order valence-electron chi connectivity index (χ2n) is 11.0. The van der Waals surface area contributed by atoms with E-state index in [1.807, 2.05) is 24.3 Å². The molecule has 0 saturated carbocycles. The fourth-order valence-corrected chi connectivity index (χ4v) is 7.02. The zero-order valence-corrected chi connectivity index (χ0v) is 24.7. The lowest BCUT2D eigenvalue weighted by Gasteiger charge is -2.23. The summed E-state index contributed by atoms with van der Waals surface area (Å²) in [6.07, 6.45) is 0.558. The number of benzene rings is 4. The number of anilines is 2. The van der Waals surface area contributed by atoms with Crippen LogP contribution in [0.4, 0.5) is 11.4 Å². The highest BCUT2D eigenvalue weighted by atomic mass is 32.2. The fourth-order valence-electron chi connectivity index (χ4n) is 5.76. The molecule has 0 fully saturated rings. The Balaban J connectivity index is 0.984. The van der Waals surface area contributed by atoms with Gasteiger partial charge in [-0.05, 0) is 84.6 Å². The monoisotopic (exact) mass is 600 g/mol. The highest BCUT2D eigenvalue weighted by Crippen LogP contribution is 2.29. The Morgan fingerprint density at radius 1 is 0.605 bits per heavy atom. The fraction of sp³-hybridized carbons (Fsp3) is 0.294. The van der Waals surface area contributed by atoms with E-state index in [2.05, 4.69) is 34.1 Å². The van der Waals surface area contributed by atoms with Gasteiger partial charge in [0.1, 0.15) is 36.9 Å². The van der Waals surface area contributed by atoms with E-state index in [0.29, 0.717) is 24.6 Å². The Hall–Kier alpha value is -4.05. The Morgan fingerprint density at radius 3 is 1.42 bits per heavy atom. The van der Waals surface area contributed by atoms with Crippen molar-refractivity contribution in [2.75, 3.05) is 49.2 Å². The van der Waals surface area contributed by atoms with E-state index < -0.39 is 22.0 Å². The summed E-state index contributed by atoms with van der Waals surface area (Å²) >= 11 is 0. The molecule has 4 aromatic carbocycles. The van der Waals surface area contributed by atoms with E-state index in [0.717, 1.165) is 37.3 Å². The summed E-state index contributed by atoms with van der Waals surface area (Å²) in [6.45, 7) is 2.88. The van der Waals surface area contributed by atoms with Crippen LogP contribution in [0.5, 0.6) is 11.5 Å². The Bertz CT molecular complexity index is 1530. The first kappa shape index (κ1) is 29.0. The molecule has 0 aromatic heterocycles. The second-order valence-corrected chi connectivity index (χ2v) is 13.0. The van der Waals surface area contributed by atoms with Gasteiger partial charge in [-0.15, -0.1) is 0 Å². The minimum Gasteiger partial charge on any atom is -0.491 e. The molecule has 0 saturated heterocycles. The van der Waals surface area contributed by atoms with Gasteiger partial charge < -0.3 is 29.5 Å². The largest absolute Gasteiger partial charge is 0.491 e. The van der Waals surface area contributed by atoms with Crippen molar-refractivity contribution in [3.05, 3.63) is 108 Å². The van der Waals surface area contributed by atoms with Crippen molar-refractivity contribution in [1.82, 2.24) is 0 Å². The number of para-hydroxylation sites is 2. The average molecular weight is 601 g/mol. The zero-order valence-electron chi connectivity index (χ0n) is 23.9. The summed E-state index contributed by atoms with van der Waals surface area (Å²) in [5.41, 5.74) is 4.87. The van der Waals surface area contributed by atoms with Gasteiger partial charge in [-0.25, -0.2) is 8.42 Å². The van der Waals surface area contributed by atoms with Gasteiger partial charge in [0.15, 0.2) is 0 Å². The van der Waals surface area contributed by atoms with Crippen LogP contribution < -0.4 is 19.3 Å². The lowest BCUT2D eigenvalue weighted by atomic mass is 10.2. The summed E-state index contributed by atoms with van der Waals surface area (Å²) in [4.78, 5) is 4.60. The number of sulfone groups is 1. The SMILES string of the molecule is O=S(=O)(c1ccc(OCC(O)CN2CCc3ccccc32)cc1)c1ccc(OCC(O)CN2CCc3ccccc32)cc1. The minimum absolute atomic E-state index is 0.103. The first-order valence-corrected chi connectivity index (χ1v) is 16.1. The molecule has 43 heavy (non-hydrogen) atoms. The number of hydrogen-bond donors (Lipinski definition) is 2. The van der Waals surface area contributed by atoms with E-state index in [-0.39, 0.29) is 23.0 Å². The standard InChI is InChI=1S/C34H36N2O6S/c37-27(21-35-19-17-25-5-1-3-7-33(25)35)23-41-29-9-13-31(14-10-29)43(39,40)32-15-11-30(12-16-32)42-24-28(38)22-36-20-18-26-6-2-4-8-34(26)36/h1-16,27-28,37-38H,17-24H2. The molecule has 2 N–H and O–H groups in total. The number of ether oxygens (including phenoxy) is 2. The second kappa shape index (κ2) is 12.7. The van der Waals surface area contributed by atoms with E-state index in [1.54, 1.807) is 24.3 Å². The molecule has 0 spiro atoms. The number of hydrogen-bond acceptors (Lipinski definition) is 8. The Labute approximate surface area is 252 Å². The third-order valence-electron chi connectivity index (χ3n) is 7.98. The number of β-amino-alcohol motifs (C(OH)–C–C–N with tert-alkyl or cyclic N) is 2. The van der Waals surface area contributed by atoms with Gasteiger partial charge in [-0.3, -0.25) is 0 Å². The third-order valence-corrected chi connectivity index (χ3v) is 9.77. The topological polar surface area (TPSA) is 99.5 Å². The van der Waals surface area contributed by atoms with Gasteiger partial charge in [0, 0.05) is 37.6 Å². The maximum Gasteiger partial charge on any atom is 0.206 e. The molecule has 4 aromatic rings. The maximum atomic E-state index is 13.2. The van der Waals surface area contributed by atoms with Gasteiger partial charge >= 0.3 is 0 Å². The highest BCUT2D eigenvalue weighted by molar-refractivity contribution is 7.91. The van der Waals surface area contributed by atoms with Gasteiger partial charge in [-0.1, -0.05) is 36.4 Å². The minimum atomic E-state index is -3.75. The number of nitrogens with zero attached hydrogens (tertiary/aromatic N) is 2. The molecule has 2 atom stereocenters. The molecule has 2 heterocycles. The first-order chi connectivity index (χ1) is 20.9. The van der Waals surface area contributed by atoms with Crippen LogP contribution in [0.1, 0.15) is 11.1 Å². The van der Waals surface area contributed by atoms with E-state index in [9.17, 15) is 18.6 Å². The first-order valence-electron chi connectivity index (χ1n) is 14.6. The van der Waals surface area contributed by atoms with Gasteiger partial charge in [0.25, 0.3) is 0 Å². The molecule has 0 radical (unpaired) electrons. The number of fused-ring (bicyclic) bond motifs is 2. The third kappa shape index (κ3) is 6.64. The van der Waals surface area contributed by atoms with Crippen molar-refractivity contribution in [1.29, 1.82) is 0 Å². The van der Waals surface area contributed by atoms with Gasteiger partial charge in [0.2, 0.25) is 9.84 Å². The van der Waals surface area contributed by atoms with Crippen LogP contribution in [0.25, 0.3) is 0 Å². The quantitative estimate of drug-likeness (QED) is 0.251. The summed E-state index contributed by atoms with van der Waals surface area (Å²) in [5, 5.41) is 21.1. The summed E-state index contributed by atoms with van der Waals surface area (Å²) in [7, 11) is -3.75. The van der Waals surface area contributed by atoms with E-state index in [1.165, 1.54) is 35.4 Å². The van der Waals surface area contributed by atoms with Crippen molar-refractivity contribution in [3.63, 3.8) is 0 Å². The Kier molecular flexibility index (Phi) is 8.56. The lowest BCUT2D eigenvalue weighted by molar-refractivity contribution is 0.112. The molecule has 0 bridgehead atoms. The average Bonchev–Trinajstić information content (AvgIpc) is 3.63. The van der Waals surface area contributed by atoms with Crippen LogP contribution >= 0.6 is 0 Å². The predicted molar refractivity (Wildman–Crippen MR) is 166 cm³/mol. The number of aliphatic hydroxyl groups excluding tert-OH is 2. The van der Waals surface area contributed by atoms with Crippen molar-refractivity contribution in [3.8, 4) is 11.5 Å². The van der Waals surface area contributed by atoms with E-state index >= 15 is 0 Å². The summed E-state index contributed by atoms with van der Waals surface area (Å²) < 4.78 is 37.9. The highest BCUT2D eigenvalue weighted by Gasteiger charge is 2.23. The van der Waals surface area contributed by atoms with Crippen molar-refractivity contribution >= 4 is 21.2 Å². The summed E-state index contributed by atoms with van der Waals surface area (Å²) in [5.74, 6) is 0.971. The molecule has 0 amide bonds. The Morgan fingerprint density at radius 2 is 1.00 bits per heavy atom. The molecular formula is C34H36N2O6S. The zero-order chi connectivity index (χ0) is 29.8. The van der Waals surface area contributed by atoms with Crippen LogP contribution in [0.3, 0.4) is 0 Å². The van der Waals surface area contributed by atoms with Crippen molar-refractivity contribution in [2.24, 2.45) is 0 Å². The van der Waals surface area contributed by atoms with Gasteiger partial charge in [0.05, 0.1) is 9.79 Å². The normalized spacial score (nSPS) is 15.6. The van der Waals surface area contributed by atoms with Crippen LogP contribution in [-0.2, 0) is 22.7 Å². The van der Waals surface area contributed by atoms with E-state index in [4.69, 9.17) is 9.47 Å². The predicted octanol–water partition coefficient (Wildman–Crippen LogP) is 4.12. The molecule has 9 heteroatoms. The molecule has 0 aliphatic carbocycles. The maximum absolute atomic E-state index is 13.2. The molecule has 224 valence electrons. The van der Waals surface area contributed by atoms with Gasteiger partial charge in [-0.2, -0.15) is 0 Å². The van der Waals surface area contributed by atoms with Crippen molar-refractivity contribution < 1.29 is 28.1 Å². The molecule has 2 unspecified atom stereocenters. The van der Waals surface area contributed by atoms with Crippen LogP contribution in [-0.4, -0.2) is 70.2 Å². The molecule has 6 rings (SSSR count). The number of aliphatic hydroxyl groups is 2. The summed E-state index contributed by atoms with van der Waals surface area (Å²) in [6, 6.07) is 28.8. The van der Waals surface area contributed by atoms with Crippen LogP contribution in [0.2, 0.25) is 0 Å². The smallest absolute Gasteiger partial charge is 0.206 e. The molecule has 2 aliphatic rings. The van der Waals surface area contributed by atoms with Crippen LogP contribution in [0, 0.1) is 0 Å². The molecule has 8 nitrogen and oxygen atoms in total. The number of rotatable bonds is 12. The molecular weight excluding hydrogens is 564 g/mol.